The number of ether oxygens (including phenoxy) is 1. The predicted octanol–water partition coefficient (Wildman–Crippen LogP) is 11.0. The van der Waals surface area contributed by atoms with E-state index in [1.165, 1.54) is 118 Å². The Balaban J connectivity index is 0.000000327. The third-order valence-electron chi connectivity index (χ3n) is 8.44. The van der Waals surface area contributed by atoms with Gasteiger partial charge in [-0.1, -0.05) is 151 Å². The van der Waals surface area contributed by atoms with E-state index >= 15 is 0 Å². The van der Waals surface area contributed by atoms with Gasteiger partial charge in [0.2, 0.25) is 0 Å². The lowest BCUT2D eigenvalue weighted by Gasteiger charge is -2.05. The Morgan fingerprint density at radius 1 is 0.660 bits per heavy atom. The molecule has 0 aliphatic carbocycles. The van der Waals surface area contributed by atoms with Crippen LogP contribution in [0.25, 0.3) is 21.8 Å². The summed E-state index contributed by atoms with van der Waals surface area (Å²) in [6.07, 6.45) is 24.2. The lowest BCUT2D eigenvalue weighted by Crippen LogP contribution is -2.25. The van der Waals surface area contributed by atoms with Crippen LogP contribution in [0.5, 0.6) is 0 Å². The van der Waals surface area contributed by atoms with Crippen molar-refractivity contribution in [2.45, 2.75) is 142 Å². The maximum Gasteiger partial charge on any atom is 0.407 e. The second-order valence-electron chi connectivity index (χ2n) is 12.4. The van der Waals surface area contributed by atoms with Gasteiger partial charge in [-0.2, -0.15) is 0 Å². The minimum Gasteiger partial charge on any atom is -0.450 e. The Kier molecular flexibility index (Phi) is 23.4. The maximum atomic E-state index is 11.1. The maximum absolute atomic E-state index is 11.1. The van der Waals surface area contributed by atoms with Gasteiger partial charge in [-0.25, -0.2) is 4.79 Å². The summed E-state index contributed by atoms with van der Waals surface area (Å²) in [5.41, 5.74) is 2.41. The summed E-state index contributed by atoms with van der Waals surface area (Å²) in [5.74, 6) is 12.0. The molecule has 0 fully saturated rings. The first-order valence-electron chi connectivity index (χ1n) is 18.7. The number of carbonyl (C=O) groups is 1. The Labute approximate surface area is 286 Å². The number of aliphatic hydroxyl groups is 1. The lowest BCUT2D eigenvalue weighted by atomic mass is 10.0. The fourth-order valence-corrected chi connectivity index (χ4v) is 5.81. The molecule has 1 heterocycles. The molecule has 0 aliphatic heterocycles. The van der Waals surface area contributed by atoms with Crippen LogP contribution in [0.3, 0.4) is 0 Å². The van der Waals surface area contributed by atoms with Crippen molar-refractivity contribution < 1.29 is 14.6 Å². The molecule has 0 saturated heterocycles. The molecule has 0 radical (unpaired) electrons. The number of benzene rings is 2. The molecule has 3 aromatic rings. The van der Waals surface area contributed by atoms with Gasteiger partial charge in [-0.15, -0.1) is 0 Å². The summed E-state index contributed by atoms with van der Waals surface area (Å²) >= 11 is 0. The Hall–Kier alpha value is -3.41. The van der Waals surface area contributed by atoms with Crippen molar-refractivity contribution in [3.8, 4) is 23.7 Å². The van der Waals surface area contributed by atoms with Gasteiger partial charge >= 0.3 is 6.09 Å². The first kappa shape index (κ1) is 39.8. The third kappa shape index (κ3) is 17.9. The minimum atomic E-state index is -0.279. The number of alkyl carbamates (subject to hydrolysis) is 1. The van der Waals surface area contributed by atoms with E-state index in [1.54, 1.807) is 0 Å². The van der Waals surface area contributed by atoms with Crippen molar-refractivity contribution in [3.63, 3.8) is 0 Å². The number of unbranched alkanes of at least 4 members (excludes halogenated alkanes) is 17. The van der Waals surface area contributed by atoms with E-state index < -0.39 is 0 Å². The first-order valence-corrected chi connectivity index (χ1v) is 18.7. The monoisotopic (exact) mass is 642 g/mol. The van der Waals surface area contributed by atoms with Crippen LogP contribution in [0.1, 0.15) is 136 Å². The number of nitrogens with one attached hydrogen (secondary N) is 1. The summed E-state index contributed by atoms with van der Waals surface area (Å²) in [5, 5.41) is 14.0. The highest BCUT2D eigenvalue weighted by Crippen LogP contribution is 2.28. The molecule has 5 heteroatoms. The van der Waals surface area contributed by atoms with Gasteiger partial charge in [-0.05, 0) is 50.2 Å². The average Bonchev–Trinajstić information content (AvgIpc) is 3.41. The van der Waals surface area contributed by atoms with Gasteiger partial charge in [0.25, 0.3) is 0 Å². The largest absolute Gasteiger partial charge is 0.450 e. The van der Waals surface area contributed by atoms with Crippen molar-refractivity contribution in [2.24, 2.45) is 0 Å². The van der Waals surface area contributed by atoms with E-state index in [1.807, 2.05) is 6.92 Å². The van der Waals surface area contributed by atoms with Gasteiger partial charge in [0.15, 0.2) is 0 Å². The molecule has 0 saturated carbocycles. The third-order valence-corrected chi connectivity index (χ3v) is 8.44. The number of aromatic nitrogens is 1. The van der Waals surface area contributed by atoms with Crippen molar-refractivity contribution in [1.82, 2.24) is 9.88 Å². The summed E-state index contributed by atoms with van der Waals surface area (Å²) in [6.45, 7) is 6.18. The van der Waals surface area contributed by atoms with Gasteiger partial charge in [0.05, 0.1) is 13.2 Å². The van der Waals surface area contributed by atoms with Crippen LogP contribution in [0.15, 0.2) is 48.5 Å². The zero-order valence-corrected chi connectivity index (χ0v) is 29.6. The second-order valence-corrected chi connectivity index (χ2v) is 12.4. The SMILES string of the molecule is CCCCCCCCCCCCCCCCCCNC(=O)OCC.OCCCCC#CC#CCn1c2ccccc2c2ccccc21. The number of hydrogen-bond donors (Lipinski definition) is 2. The van der Waals surface area contributed by atoms with Crippen molar-refractivity contribution in [3.05, 3.63) is 48.5 Å². The van der Waals surface area contributed by atoms with Crippen LogP contribution in [0.4, 0.5) is 4.79 Å². The predicted molar refractivity (Wildman–Crippen MR) is 201 cm³/mol. The molecular weight excluding hydrogens is 580 g/mol. The van der Waals surface area contributed by atoms with E-state index in [9.17, 15) is 4.79 Å². The number of hydrogen-bond acceptors (Lipinski definition) is 3. The summed E-state index contributed by atoms with van der Waals surface area (Å²) in [7, 11) is 0. The van der Waals surface area contributed by atoms with Crippen molar-refractivity contribution >= 4 is 27.9 Å². The normalized spacial score (nSPS) is 10.4. The molecule has 1 amide bonds. The lowest BCUT2D eigenvalue weighted by molar-refractivity contribution is 0.152. The smallest absolute Gasteiger partial charge is 0.407 e. The van der Waals surface area contributed by atoms with Gasteiger partial charge < -0.3 is 19.7 Å². The summed E-state index contributed by atoms with van der Waals surface area (Å²) in [4.78, 5) is 11.1. The van der Waals surface area contributed by atoms with Crippen LogP contribution in [-0.4, -0.2) is 35.5 Å². The second kappa shape index (κ2) is 27.7. The van der Waals surface area contributed by atoms with E-state index in [-0.39, 0.29) is 12.7 Å². The number of para-hydroxylation sites is 2. The molecule has 2 aromatic carbocycles. The molecule has 0 atom stereocenters. The minimum absolute atomic E-state index is 0.237. The fraction of sp³-hybridized carbons (Fsp3) is 0.595. The average molecular weight is 643 g/mol. The van der Waals surface area contributed by atoms with Crippen LogP contribution in [-0.2, 0) is 11.3 Å². The number of nitrogens with zero attached hydrogens (tertiary/aromatic N) is 1. The molecule has 2 N–H and O–H groups in total. The molecule has 0 aliphatic rings. The molecule has 0 bridgehead atoms. The molecule has 1 aromatic heterocycles. The van der Waals surface area contributed by atoms with Crippen LogP contribution in [0.2, 0.25) is 0 Å². The first-order chi connectivity index (χ1) is 23.2. The zero-order chi connectivity index (χ0) is 33.6. The Morgan fingerprint density at radius 3 is 1.66 bits per heavy atom. The molecule has 258 valence electrons. The van der Waals surface area contributed by atoms with E-state index in [2.05, 4.69) is 89.0 Å². The van der Waals surface area contributed by atoms with E-state index in [4.69, 9.17) is 9.84 Å². The highest BCUT2D eigenvalue weighted by molar-refractivity contribution is 6.08. The number of rotatable bonds is 22. The fourth-order valence-electron chi connectivity index (χ4n) is 5.81. The van der Waals surface area contributed by atoms with Crippen molar-refractivity contribution in [1.29, 1.82) is 0 Å². The topological polar surface area (TPSA) is 63.5 Å². The van der Waals surface area contributed by atoms with E-state index in [0.29, 0.717) is 13.2 Å². The molecular formula is C42H62N2O3. The standard InChI is InChI=1S/C21H43NO2.C21H19NO/c1-3-5-6-7-8-9-10-11-12-13-14-15-16-17-18-19-20-22-21(23)24-4-2;23-17-11-5-3-1-2-4-10-16-22-20-14-8-6-12-18(20)19-13-7-9-15-21(19)22/h3-20H2,1-2H3,(H,22,23);6-9,12-15,23H,3,5,11,16-17H2. The molecule has 0 unspecified atom stereocenters. The quantitative estimate of drug-likeness (QED) is 0.0847. The molecule has 0 spiro atoms. The number of amides is 1. The summed E-state index contributed by atoms with van der Waals surface area (Å²) in [6, 6.07) is 16.9. The number of aliphatic hydroxyl groups excluding tert-OH is 1. The van der Waals surface area contributed by atoms with Gasteiger partial charge in [0.1, 0.15) is 0 Å². The highest BCUT2D eigenvalue weighted by Gasteiger charge is 2.08. The Morgan fingerprint density at radius 2 is 1.15 bits per heavy atom. The Bertz CT molecular complexity index is 1300. The van der Waals surface area contributed by atoms with Crippen molar-refractivity contribution in [2.75, 3.05) is 19.8 Å². The molecule has 47 heavy (non-hydrogen) atoms. The highest BCUT2D eigenvalue weighted by atomic mass is 16.5. The molecule has 5 nitrogen and oxygen atoms in total. The number of carbonyl (C=O) groups excluding carboxylic acids is 1. The van der Waals surface area contributed by atoms with E-state index in [0.717, 1.165) is 32.2 Å². The van der Waals surface area contributed by atoms with Crippen LogP contribution in [0, 0.1) is 23.7 Å². The van der Waals surface area contributed by atoms with Gasteiger partial charge in [0, 0.05) is 41.4 Å². The summed E-state index contributed by atoms with van der Waals surface area (Å²) < 4.78 is 7.06. The van der Waals surface area contributed by atoms with Crippen LogP contribution < -0.4 is 5.32 Å². The number of fused-ring (bicyclic) bond motifs is 3. The zero-order valence-electron chi connectivity index (χ0n) is 29.6. The molecule has 3 rings (SSSR count). The van der Waals surface area contributed by atoms with Gasteiger partial charge in [-0.3, -0.25) is 0 Å². The van der Waals surface area contributed by atoms with Crippen LogP contribution >= 0.6 is 0 Å².